The van der Waals surface area contributed by atoms with Crippen LogP contribution in [0, 0.1) is 0 Å². The first-order valence-electron chi connectivity index (χ1n) is 10.8. The molecule has 0 aromatic heterocycles. The molecular formula is C25H40O4. The van der Waals surface area contributed by atoms with E-state index < -0.39 is 0 Å². The smallest absolute Gasteiger partial charge is 0.189 e. The summed E-state index contributed by atoms with van der Waals surface area (Å²) in [6.45, 7) is 9.75. The first-order valence-corrected chi connectivity index (χ1v) is 10.8. The van der Waals surface area contributed by atoms with Crippen LogP contribution in [0.25, 0.3) is 0 Å². The predicted molar refractivity (Wildman–Crippen MR) is 121 cm³/mol. The van der Waals surface area contributed by atoms with Gasteiger partial charge in [0.25, 0.3) is 0 Å². The first-order chi connectivity index (χ1) is 14.0. The highest BCUT2D eigenvalue weighted by atomic mass is 16.7. The molecule has 0 aliphatic rings. The number of unbranched alkanes of at least 4 members (excludes halogenated alkanes) is 2. The number of phenols is 1. The molecule has 0 radical (unpaired) electrons. The van der Waals surface area contributed by atoms with Gasteiger partial charge in [0, 0.05) is 12.7 Å². The average Bonchev–Trinajstić information content (AvgIpc) is 2.67. The Balaban J connectivity index is 2.86. The maximum absolute atomic E-state index is 10.7. The van der Waals surface area contributed by atoms with E-state index in [1.165, 1.54) is 24.0 Å². The van der Waals surface area contributed by atoms with Gasteiger partial charge in [-0.3, -0.25) is 0 Å². The van der Waals surface area contributed by atoms with Gasteiger partial charge in [-0.05, 0) is 70.6 Å². The summed E-state index contributed by atoms with van der Waals surface area (Å²) in [6.07, 6.45) is 11.6. The van der Waals surface area contributed by atoms with Crippen molar-refractivity contribution < 1.29 is 19.3 Å². The molecule has 4 nitrogen and oxygen atoms in total. The van der Waals surface area contributed by atoms with E-state index in [9.17, 15) is 5.11 Å². The second-order valence-electron chi connectivity index (χ2n) is 7.79. The number of aryl methyl sites for hydroxylation is 1. The van der Waals surface area contributed by atoms with Gasteiger partial charge in [0.1, 0.15) is 11.5 Å². The Morgan fingerprint density at radius 3 is 2.55 bits per heavy atom. The summed E-state index contributed by atoms with van der Waals surface area (Å²) < 4.78 is 16.3. The third kappa shape index (κ3) is 11.1. The first kappa shape index (κ1) is 25.3. The maximum Gasteiger partial charge on any atom is 0.189 e. The van der Waals surface area contributed by atoms with Crippen molar-refractivity contribution in [3.8, 4) is 11.5 Å². The summed E-state index contributed by atoms with van der Waals surface area (Å²) in [5.74, 6) is 1.02. The Morgan fingerprint density at radius 2 is 1.86 bits per heavy atom. The molecule has 0 amide bonds. The highest BCUT2D eigenvalue weighted by Gasteiger charge is 2.12. The van der Waals surface area contributed by atoms with Crippen molar-refractivity contribution in [1.29, 1.82) is 0 Å². The van der Waals surface area contributed by atoms with Gasteiger partial charge in [-0.15, -0.1) is 0 Å². The molecule has 0 bridgehead atoms. The van der Waals surface area contributed by atoms with Gasteiger partial charge in [-0.2, -0.15) is 0 Å². The van der Waals surface area contributed by atoms with Crippen molar-refractivity contribution in [3.05, 3.63) is 46.6 Å². The molecule has 1 aromatic carbocycles. The summed E-state index contributed by atoms with van der Waals surface area (Å²) in [5.41, 5.74) is 4.59. The third-order valence-electron chi connectivity index (χ3n) is 4.79. The van der Waals surface area contributed by atoms with E-state index in [-0.39, 0.29) is 6.79 Å². The highest BCUT2D eigenvalue weighted by molar-refractivity contribution is 5.48. The predicted octanol–water partition coefficient (Wildman–Crippen LogP) is 6.36. The molecule has 0 fully saturated rings. The second-order valence-corrected chi connectivity index (χ2v) is 7.79. The molecule has 0 saturated heterocycles. The molecule has 29 heavy (non-hydrogen) atoms. The highest BCUT2D eigenvalue weighted by Crippen LogP contribution is 2.32. The number of methoxy groups -OCH3 is 1. The van der Waals surface area contributed by atoms with Crippen molar-refractivity contribution in [2.75, 3.05) is 27.1 Å². The van der Waals surface area contributed by atoms with Gasteiger partial charge in [0.05, 0.1) is 13.2 Å². The summed E-state index contributed by atoms with van der Waals surface area (Å²) >= 11 is 0. The normalized spacial score (nSPS) is 11.6. The minimum absolute atomic E-state index is 0.150. The van der Waals surface area contributed by atoms with Crippen molar-refractivity contribution in [3.63, 3.8) is 0 Å². The monoisotopic (exact) mass is 404 g/mol. The lowest BCUT2D eigenvalue weighted by Crippen LogP contribution is -2.09. The fraction of sp³-hybridized carbons (Fsp3) is 0.600. The molecule has 0 atom stereocenters. The Morgan fingerprint density at radius 1 is 1.07 bits per heavy atom. The van der Waals surface area contributed by atoms with Crippen LogP contribution in [-0.2, 0) is 22.3 Å². The second kappa shape index (κ2) is 15.1. The van der Waals surface area contributed by atoms with Crippen molar-refractivity contribution in [2.45, 2.75) is 72.6 Å². The number of allylic oxidation sites excluding steroid dienone is 4. The van der Waals surface area contributed by atoms with E-state index in [1.54, 1.807) is 7.11 Å². The zero-order chi connectivity index (χ0) is 21.5. The Labute approximate surface area is 177 Å². The van der Waals surface area contributed by atoms with Crippen LogP contribution in [0.2, 0.25) is 0 Å². The summed E-state index contributed by atoms with van der Waals surface area (Å²) in [7, 11) is 1.65. The molecule has 0 aliphatic carbocycles. The summed E-state index contributed by atoms with van der Waals surface area (Å²) in [4.78, 5) is 0. The molecule has 4 heteroatoms. The lowest BCUT2D eigenvalue weighted by atomic mass is 10.0. The minimum Gasteiger partial charge on any atom is -0.508 e. The van der Waals surface area contributed by atoms with Gasteiger partial charge in [0.15, 0.2) is 6.79 Å². The molecule has 0 unspecified atom stereocenters. The average molecular weight is 405 g/mol. The van der Waals surface area contributed by atoms with Crippen molar-refractivity contribution in [1.82, 2.24) is 0 Å². The minimum atomic E-state index is 0.150. The van der Waals surface area contributed by atoms with Crippen LogP contribution in [0.15, 0.2) is 35.4 Å². The van der Waals surface area contributed by atoms with Crippen LogP contribution in [0.3, 0.4) is 0 Å². The third-order valence-corrected chi connectivity index (χ3v) is 4.79. The number of rotatable bonds is 15. The van der Waals surface area contributed by atoms with Crippen molar-refractivity contribution >= 4 is 0 Å². The molecule has 164 valence electrons. The van der Waals surface area contributed by atoms with Gasteiger partial charge >= 0.3 is 0 Å². The molecule has 1 N–H and O–H groups in total. The standard InChI is InChI=1S/C25H40O4/c1-6-7-8-12-22-17-24(26)23(14-13-21(4)11-9-10-20(2)3)25(18-22)29-19-28-16-15-27-5/h10,13,17-18,26H,6-9,11-12,14-16,19H2,1-5H3. The van der Waals surface area contributed by atoms with Crippen LogP contribution in [0.1, 0.15) is 70.9 Å². The molecule has 1 aromatic rings. The SMILES string of the molecule is CCCCCc1cc(O)c(CC=C(C)CCC=C(C)C)c(OCOCCOC)c1. The van der Waals surface area contributed by atoms with E-state index in [0.717, 1.165) is 36.8 Å². The van der Waals surface area contributed by atoms with E-state index in [4.69, 9.17) is 14.2 Å². The lowest BCUT2D eigenvalue weighted by Gasteiger charge is -2.15. The quantitative estimate of drug-likeness (QED) is 0.210. The van der Waals surface area contributed by atoms with Gasteiger partial charge in [-0.25, -0.2) is 0 Å². The van der Waals surface area contributed by atoms with Gasteiger partial charge in [-0.1, -0.05) is 43.1 Å². The topological polar surface area (TPSA) is 47.9 Å². The zero-order valence-corrected chi connectivity index (χ0v) is 19.1. The number of benzene rings is 1. The fourth-order valence-corrected chi connectivity index (χ4v) is 3.02. The summed E-state index contributed by atoms with van der Waals surface area (Å²) in [5, 5.41) is 10.7. The van der Waals surface area contributed by atoms with Crippen LogP contribution in [0.5, 0.6) is 11.5 Å². The number of phenolic OH excluding ortho intramolecular Hbond substituents is 1. The van der Waals surface area contributed by atoms with E-state index >= 15 is 0 Å². The Kier molecular flexibility index (Phi) is 13.2. The number of aromatic hydroxyl groups is 1. The maximum atomic E-state index is 10.7. The Hall–Kier alpha value is -1.78. The van der Waals surface area contributed by atoms with Crippen LogP contribution < -0.4 is 4.74 Å². The molecule has 0 aliphatic heterocycles. The van der Waals surface area contributed by atoms with Crippen LogP contribution in [-0.4, -0.2) is 32.2 Å². The van der Waals surface area contributed by atoms with E-state index in [0.29, 0.717) is 31.1 Å². The summed E-state index contributed by atoms with van der Waals surface area (Å²) in [6, 6.07) is 3.94. The van der Waals surface area contributed by atoms with E-state index in [2.05, 4.69) is 45.9 Å². The van der Waals surface area contributed by atoms with Crippen LogP contribution >= 0.6 is 0 Å². The van der Waals surface area contributed by atoms with Gasteiger partial charge in [0.2, 0.25) is 0 Å². The van der Waals surface area contributed by atoms with Gasteiger partial charge < -0.3 is 19.3 Å². The van der Waals surface area contributed by atoms with Crippen molar-refractivity contribution in [2.24, 2.45) is 0 Å². The Bertz CT molecular complexity index is 642. The number of hydrogen-bond donors (Lipinski definition) is 1. The fourth-order valence-electron chi connectivity index (χ4n) is 3.02. The molecule has 1 rings (SSSR count). The lowest BCUT2D eigenvalue weighted by molar-refractivity contribution is -0.00892. The van der Waals surface area contributed by atoms with Crippen LogP contribution in [0.4, 0.5) is 0 Å². The molecule has 0 saturated carbocycles. The number of ether oxygens (including phenoxy) is 3. The zero-order valence-electron chi connectivity index (χ0n) is 19.1. The molecular weight excluding hydrogens is 364 g/mol. The number of hydrogen-bond acceptors (Lipinski definition) is 4. The molecule has 0 heterocycles. The largest absolute Gasteiger partial charge is 0.508 e. The van der Waals surface area contributed by atoms with E-state index in [1.807, 2.05) is 6.07 Å². The molecule has 0 spiro atoms.